The van der Waals surface area contributed by atoms with Crippen molar-refractivity contribution in [3.63, 3.8) is 0 Å². The van der Waals surface area contributed by atoms with Gasteiger partial charge in [0.25, 0.3) is 0 Å². The topological polar surface area (TPSA) is 63.7 Å². The van der Waals surface area contributed by atoms with E-state index in [0.29, 0.717) is 23.6 Å². The number of hydrogen-bond acceptors (Lipinski definition) is 4. The number of methoxy groups -OCH3 is 1. The molecule has 0 bridgehead atoms. The third kappa shape index (κ3) is 2.60. The summed E-state index contributed by atoms with van der Waals surface area (Å²) in [5, 5.41) is 0. The zero-order valence-electron chi connectivity index (χ0n) is 11.1. The molecule has 5 nitrogen and oxygen atoms in total. The van der Waals surface area contributed by atoms with Crippen LogP contribution in [0.2, 0.25) is 0 Å². The van der Waals surface area contributed by atoms with Gasteiger partial charge in [-0.05, 0) is 47.2 Å². The summed E-state index contributed by atoms with van der Waals surface area (Å²) in [7, 11) is 1.60. The van der Waals surface area contributed by atoms with E-state index in [0.717, 1.165) is 11.5 Å². The second-order valence-electron chi connectivity index (χ2n) is 4.48. The lowest BCUT2D eigenvalue weighted by molar-refractivity contribution is 0.392. The number of aromatic amines is 1. The van der Waals surface area contributed by atoms with Crippen LogP contribution >= 0.6 is 22.6 Å². The van der Waals surface area contributed by atoms with Crippen molar-refractivity contribution in [3.8, 4) is 5.88 Å². The minimum absolute atomic E-state index is 0.530. The van der Waals surface area contributed by atoms with E-state index in [1.165, 1.54) is 9.13 Å². The van der Waals surface area contributed by atoms with Crippen molar-refractivity contribution >= 4 is 33.9 Å². The lowest BCUT2D eigenvalue weighted by Gasteiger charge is -2.06. The number of rotatable bonds is 3. The van der Waals surface area contributed by atoms with Crippen LogP contribution in [0.3, 0.4) is 0 Å². The molecule has 1 N–H and O–H groups in total. The minimum atomic E-state index is 0.530. The van der Waals surface area contributed by atoms with Crippen LogP contribution < -0.4 is 4.74 Å². The van der Waals surface area contributed by atoms with Gasteiger partial charge in [-0.25, -0.2) is 9.97 Å². The van der Waals surface area contributed by atoms with Crippen LogP contribution in [0.25, 0.3) is 11.3 Å². The molecule has 3 rings (SSSR count). The number of benzene rings is 1. The number of fused-ring (bicyclic) bond motifs is 1. The summed E-state index contributed by atoms with van der Waals surface area (Å²) in [5.41, 5.74) is 3.28. The predicted molar refractivity (Wildman–Crippen MR) is 84.9 cm³/mol. The Morgan fingerprint density at radius 2 is 2.10 bits per heavy atom. The lowest BCUT2D eigenvalue weighted by Crippen LogP contribution is -2.01. The summed E-state index contributed by atoms with van der Waals surface area (Å²) in [6.45, 7) is 1.88. The zero-order chi connectivity index (χ0) is 14.1. The van der Waals surface area contributed by atoms with Crippen molar-refractivity contribution in [1.82, 2.24) is 19.9 Å². The first-order valence-corrected chi connectivity index (χ1v) is 7.25. The van der Waals surface area contributed by atoms with Crippen LogP contribution in [0, 0.1) is 10.5 Å². The number of halogens is 1. The van der Waals surface area contributed by atoms with Crippen molar-refractivity contribution in [2.24, 2.45) is 0 Å². The highest BCUT2D eigenvalue weighted by Gasteiger charge is 2.12. The van der Waals surface area contributed by atoms with Crippen molar-refractivity contribution < 1.29 is 4.74 Å². The minimum Gasteiger partial charge on any atom is -0.480 e. The number of nitrogens with one attached hydrogen (secondary N) is 1. The van der Waals surface area contributed by atoms with E-state index >= 15 is 0 Å². The Hall–Kier alpha value is -1.70. The zero-order valence-corrected chi connectivity index (χ0v) is 13.3. The van der Waals surface area contributed by atoms with Crippen LogP contribution in [0.15, 0.2) is 24.3 Å². The van der Waals surface area contributed by atoms with Crippen LogP contribution in [-0.2, 0) is 6.42 Å². The van der Waals surface area contributed by atoms with Gasteiger partial charge < -0.3 is 9.72 Å². The van der Waals surface area contributed by atoms with E-state index in [4.69, 9.17) is 4.74 Å². The van der Waals surface area contributed by atoms with Gasteiger partial charge in [-0.2, -0.15) is 4.98 Å². The maximum Gasteiger partial charge on any atom is 0.237 e. The molecule has 0 aliphatic heterocycles. The summed E-state index contributed by atoms with van der Waals surface area (Å²) in [4.78, 5) is 16.4. The molecule has 2 aromatic heterocycles. The average Bonchev–Trinajstić information content (AvgIpc) is 2.77. The molecule has 0 atom stereocenters. The van der Waals surface area contributed by atoms with Gasteiger partial charge in [-0.3, -0.25) is 0 Å². The summed E-state index contributed by atoms with van der Waals surface area (Å²) in [6, 6.07) is 8.31. The van der Waals surface area contributed by atoms with E-state index in [-0.39, 0.29) is 0 Å². The first-order valence-electron chi connectivity index (χ1n) is 6.17. The average molecular weight is 380 g/mol. The molecule has 0 saturated heterocycles. The molecule has 0 radical (unpaired) electrons. The smallest absolute Gasteiger partial charge is 0.237 e. The molecule has 0 aliphatic rings. The molecule has 0 unspecified atom stereocenters. The van der Waals surface area contributed by atoms with Crippen LogP contribution in [0.1, 0.15) is 17.1 Å². The van der Waals surface area contributed by atoms with Gasteiger partial charge in [0.15, 0.2) is 5.65 Å². The third-order valence-electron chi connectivity index (χ3n) is 2.94. The highest BCUT2D eigenvalue weighted by atomic mass is 127. The molecule has 20 heavy (non-hydrogen) atoms. The third-order valence-corrected chi connectivity index (χ3v) is 3.61. The summed E-state index contributed by atoms with van der Waals surface area (Å²) < 4.78 is 6.54. The van der Waals surface area contributed by atoms with E-state index < -0.39 is 0 Å². The fraction of sp³-hybridized carbons (Fsp3) is 0.214. The van der Waals surface area contributed by atoms with Crippen molar-refractivity contribution in [3.05, 3.63) is 44.9 Å². The Morgan fingerprint density at radius 1 is 1.25 bits per heavy atom. The van der Waals surface area contributed by atoms with E-state index in [2.05, 4.69) is 60.7 Å². The summed E-state index contributed by atoms with van der Waals surface area (Å²) >= 11 is 2.30. The molecule has 0 saturated carbocycles. The predicted octanol–water partition coefficient (Wildman–Crippen LogP) is 2.87. The van der Waals surface area contributed by atoms with Crippen molar-refractivity contribution in [2.45, 2.75) is 13.3 Å². The molecular formula is C14H13IN4O. The lowest BCUT2D eigenvalue weighted by atomic mass is 10.1. The molecule has 0 aliphatic carbocycles. The highest BCUT2D eigenvalue weighted by Crippen LogP contribution is 2.21. The van der Waals surface area contributed by atoms with Gasteiger partial charge in [-0.1, -0.05) is 12.1 Å². The van der Waals surface area contributed by atoms with Gasteiger partial charge in [0.2, 0.25) is 11.5 Å². The highest BCUT2D eigenvalue weighted by molar-refractivity contribution is 14.1. The number of hydrogen-bond donors (Lipinski definition) is 1. The Labute approximate surface area is 130 Å². The second kappa shape index (κ2) is 5.35. The van der Waals surface area contributed by atoms with Gasteiger partial charge in [0.05, 0.1) is 7.11 Å². The summed E-state index contributed by atoms with van der Waals surface area (Å²) in [6.07, 6.45) is 0.682. The molecule has 0 spiro atoms. The molecule has 2 heterocycles. The van der Waals surface area contributed by atoms with Gasteiger partial charge >= 0.3 is 0 Å². The van der Waals surface area contributed by atoms with Crippen molar-refractivity contribution in [1.29, 1.82) is 0 Å². The normalized spacial score (nSPS) is 10.9. The number of aryl methyl sites for hydroxylation is 1. The maximum absolute atomic E-state index is 5.34. The van der Waals surface area contributed by atoms with Crippen LogP contribution in [0.5, 0.6) is 5.88 Å². The molecule has 0 amide bonds. The van der Waals surface area contributed by atoms with Gasteiger partial charge in [0, 0.05) is 9.99 Å². The number of H-pyrrole nitrogens is 1. The molecule has 0 fully saturated rings. The molecule has 102 valence electrons. The standard InChI is InChI=1S/C14H13IN4O/c1-8-16-12-13(17-8)19-14(20-2)11(18-12)7-9-4-3-5-10(15)6-9/h3-6H,7H2,1-2H3,(H,16,17,18,19). The quantitative estimate of drug-likeness (QED) is 0.710. The number of aromatic nitrogens is 4. The van der Waals surface area contributed by atoms with Crippen LogP contribution in [-0.4, -0.2) is 27.0 Å². The SMILES string of the molecule is COc1nc2nc(C)[nH]c2nc1Cc1cccc(I)c1. The fourth-order valence-electron chi connectivity index (χ4n) is 2.09. The van der Waals surface area contributed by atoms with E-state index in [1.54, 1.807) is 7.11 Å². The number of nitrogens with zero attached hydrogens (tertiary/aromatic N) is 3. The number of imidazole rings is 1. The molecule has 3 aromatic rings. The maximum atomic E-state index is 5.34. The monoisotopic (exact) mass is 380 g/mol. The fourth-order valence-corrected chi connectivity index (χ4v) is 2.69. The van der Waals surface area contributed by atoms with Crippen molar-refractivity contribution in [2.75, 3.05) is 7.11 Å². The second-order valence-corrected chi connectivity index (χ2v) is 5.73. The Bertz CT molecular complexity index is 769. The van der Waals surface area contributed by atoms with Gasteiger partial charge in [-0.15, -0.1) is 0 Å². The van der Waals surface area contributed by atoms with E-state index in [9.17, 15) is 0 Å². The molecule has 6 heteroatoms. The first-order chi connectivity index (χ1) is 9.65. The van der Waals surface area contributed by atoms with Crippen LogP contribution in [0.4, 0.5) is 0 Å². The largest absolute Gasteiger partial charge is 0.480 e. The first kappa shape index (κ1) is 13.3. The van der Waals surface area contributed by atoms with E-state index in [1.807, 2.05) is 13.0 Å². The van der Waals surface area contributed by atoms with Gasteiger partial charge in [0.1, 0.15) is 11.5 Å². The molecular weight excluding hydrogens is 367 g/mol. The Balaban J connectivity index is 2.05. The Morgan fingerprint density at radius 3 is 2.85 bits per heavy atom. The number of ether oxygens (including phenoxy) is 1. The molecule has 1 aromatic carbocycles. The summed E-state index contributed by atoms with van der Waals surface area (Å²) in [5.74, 6) is 1.33. The Kier molecular flexibility index (Phi) is 3.56.